The fourth-order valence-electron chi connectivity index (χ4n) is 1.52. The number of carbonyl (C=O) groups is 2. The molecule has 1 amide bonds. The number of carboxylic acid groups (broad SMARTS) is 1. The Morgan fingerprint density at radius 2 is 2.12 bits per heavy atom. The molecule has 0 spiro atoms. The highest BCUT2D eigenvalue weighted by atomic mass is 16.4. The van der Waals surface area contributed by atoms with Gasteiger partial charge in [0.15, 0.2) is 0 Å². The van der Waals surface area contributed by atoms with Crippen molar-refractivity contribution in [2.24, 2.45) is 5.73 Å². The number of benzene rings is 1. The first-order valence-electron chi connectivity index (χ1n) is 5.20. The van der Waals surface area contributed by atoms with Crippen LogP contribution in [0.4, 0.5) is 0 Å². The molecule has 0 saturated heterocycles. The van der Waals surface area contributed by atoms with Crippen molar-refractivity contribution in [3.05, 3.63) is 35.4 Å². The normalized spacial score (nSPS) is 14.0. The van der Waals surface area contributed by atoms with Crippen molar-refractivity contribution in [2.45, 2.75) is 19.4 Å². The van der Waals surface area contributed by atoms with Gasteiger partial charge in [-0.2, -0.15) is 0 Å². The average molecular weight is 236 g/mol. The second-order valence-corrected chi connectivity index (χ2v) is 4.12. The summed E-state index contributed by atoms with van der Waals surface area (Å²) in [4.78, 5) is 22.1. The van der Waals surface area contributed by atoms with Crippen molar-refractivity contribution in [1.29, 1.82) is 0 Å². The summed E-state index contributed by atoms with van der Waals surface area (Å²) in [6, 6.07) is 7.12. The van der Waals surface area contributed by atoms with E-state index in [-0.39, 0.29) is 6.54 Å². The van der Waals surface area contributed by atoms with E-state index in [0.29, 0.717) is 5.56 Å². The highest BCUT2D eigenvalue weighted by Gasteiger charge is 2.35. The van der Waals surface area contributed by atoms with E-state index >= 15 is 0 Å². The van der Waals surface area contributed by atoms with Crippen LogP contribution < -0.4 is 11.1 Å². The maximum absolute atomic E-state index is 11.3. The smallest absolute Gasteiger partial charge is 0.328 e. The van der Waals surface area contributed by atoms with Crippen molar-refractivity contribution in [3.8, 4) is 0 Å². The Bertz CT molecular complexity index is 445. The number of amides is 1. The van der Waals surface area contributed by atoms with Crippen LogP contribution in [0.3, 0.4) is 0 Å². The molecule has 1 aromatic carbocycles. The number of carboxylic acids is 1. The zero-order valence-electron chi connectivity index (χ0n) is 9.86. The lowest BCUT2D eigenvalue weighted by molar-refractivity contribution is -0.144. The highest BCUT2D eigenvalue weighted by molar-refractivity contribution is 5.82. The van der Waals surface area contributed by atoms with Crippen molar-refractivity contribution in [1.82, 2.24) is 5.32 Å². The van der Waals surface area contributed by atoms with Crippen molar-refractivity contribution < 1.29 is 14.7 Å². The van der Waals surface area contributed by atoms with Gasteiger partial charge >= 0.3 is 5.97 Å². The summed E-state index contributed by atoms with van der Waals surface area (Å²) in [5, 5.41) is 11.9. The second kappa shape index (κ2) is 4.97. The molecule has 0 aliphatic heterocycles. The Kier molecular flexibility index (Phi) is 3.85. The van der Waals surface area contributed by atoms with E-state index in [1.807, 2.05) is 13.0 Å². The molecule has 0 heterocycles. The fourth-order valence-corrected chi connectivity index (χ4v) is 1.52. The number of hydrogen-bond acceptors (Lipinski definition) is 3. The van der Waals surface area contributed by atoms with Crippen LogP contribution in [0, 0.1) is 6.92 Å². The van der Waals surface area contributed by atoms with Gasteiger partial charge in [0.25, 0.3) is 0 Å². The van der Waals surface area contributed by atoms with E-state index in [4.69, 9.17) is 5.73 Å². The maximum Gasteiger partial charge on any atom is 0.328 e. The summed E-state index contributed by atoms with van der Waals surface area (Å²) in [6.07, 6.45) is 0. The molecule has 17 heavy (non-hydrogen) atoms. The van der Waals surface area contributed by atoms with Gasteiger partial charge in [-0.1, -0.05) is 29.8 Å². The molecule has 0 aromatic heterocycles. The summed E-state index contributed by atoms with van der Waals surface area (Å²) in [7, 11) is 0. The molecule has 0 saturated carbocycles. The molecule has 1 aromatic rings. The molecule has 0 aliphatic rings. The summed E-state index contributed by atoms with van der Waals surface area (Å²) >= 11 is 0. The lowest BCUT2D eigenvalue weighted by Gasteiger charge is -2.26. The first-order chi connectivity index (χ1) is 7.86. The van der Waals surface area contributed by atoms with E-state index in [9.17, 15) is 14.7 Å². The molecular formula is C12H16N2O3. The highest BCUT2D eigenvalue weighted by Crippen LogP contribution is 2.21. The minimum absolute atomic E-state index is 0.184. The van der Waals surface area contributed by atoms with E-state index in [2.05, 4.69) is 5.32 Å². The summed E-state index contributed by atoms with van der Waals surface area (Å²) in [5.41, 5.74) is 5.24. The predicted molar refractivity (Wildman–Crippen MR) is 63.4 cm³/mol. The van der Waals surface area contributed by atoms with E-state index < -0.39 is 17.4 Å². The number of rotatable bonds is 5. The van der Waals surface area contributed by atoms with Gasteiger partial charge in [-0.15, -0.1) is 0 Å². The zero-order chi connectivity index (χ0) is 13.1. The second-order valence-electron chi connectivity index (χ2n) is 4.12. The SMILES string of the molecule is Cc1cccc(C(C)(NCC(N)=O)C(=O)O)c1. The van der Waals surface area contributed by atoms with Crippen molar-refractivity contribution in [3.63, 3.8) is 0 Å². The van der Waals surface area contributed by atoms with Gasteiger partial charge in [0.1, 0.15) is 5.54 Å². The molecule has 1 atom stereocenters. The number of carbonyl (C=O) groups excluding carboxylic acids is 1. The fraction of sp³-hybridized carbons (Fsp3) is 0.333. The Hall–Kier alpha value is -1.88. The van der Waals surface area contributed by atoms with Crippen LogP contribution in [0.2, 0.25) is 0 Å². The molecule has 0 aliphatic carbocycles. The maximum atomic E-state index is 11.3. The Morgan fingerprint density at radius 1 is 1.47 bits per heavy atom. The van der Waals surface area contributed by atoms with Crippen LogP contribution in [0.25, 0.3) is 0 Å². The van der Waals surface area contributed by atoms with Crippen molar-refractivity contribution >= 4 is 11.9 Å². The molecule has 92 valence electrons. The van der Waals surface area contributed by atoms with Gasteiger partial charge in [-0.3, -0.25) is 10.1 Å². The molecule has 0 bridgehead atoms. The number of nitrogens with two attached hydrogens (primary N) is 1. The predicted octanol–water partition coefficient (Wildman–Crippen LogP) is 0.370. The Labute approximate surface area is 99.6 Å². The summed E-state index contributed by atoms with van der Waals surface area (Å²) < 4.78 is 0. The van der Waals surface area contributed by atoms with Crippen LogP contribution in [0.1, 0.15) is 18.1 Å². The largest absolute Gasteiger partial charge is 0.480 e. The average Bonchev–Trinajstić information content (AvgIpc) is 2.25. The lowest BCUT2D eigenvalue weighted by atomic mass is 9.91. The number of aliphatic carboxylic acids is 1. The van der Waals surface area contributed by atoms with Crippen LogP contribution in [0.5, 0.6) is 0 Å². The third-order valence-electron chi connectivity index (χ3n) is 2.64. The van der Waals surface area contributed by atoms with Gasteiger partial charge in [0.2, 0.25) is 5.91 Å². The summed E-state index contributed by atoms with van der Waals surface area (Å²) in [5.74, 6) is -1.64. The molecular weight excluding hydrogens is 220 g/mol. The Morgan fingerprint density at radius 3 is 2.59 bits per heavy atom. The third kappa shape index (κ3) is 3.04. The van der Waals surface area contributed by atoms with Crippen LogP contribution in [0.15, 0.2) is 24.3 Å². The standard InChI is InChI=1S/C12H16N2O3/c1-8-4-3-5-9(6-8)12(2,11(16)17)14-7-10(13)15/h3-6,14H,7H2,1-2H3,(H2,13,15)(H,16,17). The van der Waals surface area contributed by atoms with Crippen LogP contribution >= 0.6 is 0 Å². The van der Waals surface area contributed by atoms with Crippen LogP contribution in [-0.4, -0.2) is 23.5 Å². The van der Waals surface area contributed by atoms with Crippen LogP contribution in [-0.2, 0) is 15.1 Å². The molecule has 4 N–H and O–H groups in total. The van der Waals surface area contributed by atoms with Gasteiger partial charge < -0.3 is 10.8 Å². The number of primary amides is 1. The number of nitrogens with one attached hydrogen (secondary N) is 1. The monoisotopic (exact) mass is 236 g/mol. The topological polar surface area (TPSA) is 92.4 Å². The minimum Gasteiger partial charge on any atom is -0.480 e. The molecule has 1 unspecified atom stereocenters. The number of aryl methyl sites for hydroxylation is 1. The van der Waals surface area contributed by atoms with Gasteiger partial charge in [0, 0.05) is 0 Å². The van der Waals surface area contributed by atoms with Gasteiger partial charge in [0.05, 0.1) is 6.54 Å². The molecule has 1 rings (SSSR count). The number of hydrogen-bond donors (Lipinski definition) is 3. The quantitative estimate of drug-likeness (QED) is 0.688. The molecule has 0 fully saturated rings. The molecule has 5 heteroatoms. The molecule has 5 nitrogen and oxygen atoms in total. The third-order valence-corrected chi connectivity index (χ3v) is 2.64. The zero-order valence-corrected chi connectivity index (χ0v) is 9.86. The minimum atomic E-state index is -1.32. The lowest BCUT2D eigenvalue weighted by Crippen LogP contribution is -2.49. The first kappa shape index (κ1) is 13.2. The van der Waals surface area contributed by atoms with E-state index in [0.717, 1.165) is 5.56 Å². The van der Waals surface area contributed by atoms with E-state index in [1.165, 1.54) is 6.92 Å². The summed E-state index contributed by atoms with van der Waals surface area (Å²) in [6.45, 7) is 3.20. The Balaban J connectivity index is 3.07. The van der Waals surface area contributed by atoms with Gasteiger partial charge in [-0.25, -0.2) is 4.79 Å². The first-order valence-corrected chi connectivity index (χ1v) is 5.20. The van der Waals surface area contributed by atoms with E-state index in [1.54, 1.807) is 18.2 Å². The molecule has 0 radical (unpaired) electrons. The van der Waals surface area contributed by atoms with Crippen molar-refractivity contribution in [2.75, 3.05) is 6.54 Å². The van der Waals surface area contributed by atoms with Gasteiger partial charge in [-0.05, 0) is 19.4 Å².